The molecule has 0 saturated carbocycles. The molecule has 0 fully saturated rings. The van der Waals surface area contributed by atoms with E-state index in [0.717, 1.165) is 17.3 Å². The molecule has 0 aliphatic carbocycles. The summed E-state index contributed by atoms with van der Waals surface area (Å²) in [4.78, 5) is 23.3. The molecular formula is C20H32F2NO5PS. The van der Waals surface area contributed by atoms with Crippen LogP contribution in [0.25, 0.3) is 0 Å². The zero-order valence-electron chi connectivity index (χ0n) is 18.2. The summed E-state index contributed by atoms with van der Waals surface area (Å²) in [6, 6.07) is 8.83. The summed E-state index contributed by atoms with van der Waals surface area (Å²) < 4.78 is 49.8. The number of carbonyl (C=O) groups is 2. The van der Waals surface area contributed by atoms with Gasteiger partial charge in [0, 0.05) is 19.1 Å². The maximum absolute atomic E-state index is 13.8. The third-order valence-electron chi connectivity index (χ3n) is 3.39. The Labute approximate surface area is 182 Å². The van der Waals surface area contributed by atoms with Crippen molar-refractivity contribution >= 4 is 30.4 Å². The second kappa shape index (κ2) is 14.7. The second-order valence-corrected chi connectivity index (χ2v) is 10.1. The van der Waals surface area contributed by atoms with E-state index >= 15 is 0 Å². The van der Waals surface area contributed by atoms with Gasteiger partial charge in [-0.1, -0.05) is 69.8 Å². The summed E-state index contributed by atoms with van der Waals surface area (Å²) in [6.07, 6.45) is 0.359. The summed E-state index contributed by atoms with van der Waals surface area (Å²) in [5, 5.41) is 1.92. The van der Waals surface area contributed by atoms with Crippen LogP contribution in [0.5, 0.6) is 0 Å². The highest BCUT2D eigenvalue weighted by Gasteiger charge is 2.47. The van der Waals surface area contributed by atoms with E-state index < -0.39 is 25.7 Å². The first-order chi connectivity index (χ1) is 14.0. The van der Waals surface area contributed by atoms with Crippen molar-refractivity contribution in [2.24, 2.45) is 5.92 Å². The van der Waals surface area contributed by atoms with E-state index in [9.17, 15) is 22.9 Å². The van der Waals surface area contributed by atoms with Crippen LogP contribution in [0.15, 0.2) is 30.3 Å². The van der Waals surface area contributed by atoms with Gasteiger partial charge in [0.05, 0.1) is 6.61 Å². The highest BCUT2D eigenvalue weighted by Crippen LogP contribution is 2.57. The minimum Gasteiger partial charge on any atom is -0.460 e. The molecule has 1 N–H and O–H groups in total. The number of benzene rings is 1. The van der Waals surface area contributed by atoms with Crippen molar-refractivity contribution in [1.29, 1.82) is 0 Å². The normalized spacial score (nSPS) is 13.2. The Kier molecular flexibility index (Phi) is 14.1. The Morgan fingerprint density at radius 2 is 1.80 bits per heavy atom. The Morgan fingerprint density at radius 1 is 1.20 bits per heavy atom. The molecule has 10 heteroatoms. The molecule has 0 amide bonds. The van der Waals surface area contributed by atoms with E-state index in [0.29, 0.717) is 13.3 Å². The summed E-state index contributed by atoms with van der Waals surface area (Å²) in [7, 11) is -4.65. The van der Waals surface area contributed by atoms with Gasteiger partial charge in [-0.3, -0.25) is 14.2 Å². The molecule has 1 unspecified atom stereocenters. The number of hydrogen-bond acceptors (Lipinski definition) is 6. The predicted molar refractivity (Wildman–Crippen MR) is 117 cm³/mol. The maximum Gasteiger partial charge on any atom is 0.338 e. The molecular weight excluding hydrogens is 435 g/mol. The fourth-order valence-electron chi connectivity index (χ4n) is 1.97. The van der Waals surface area contributed by atoms with Gasteiger partial charge in [-0.25, -0.2) is 5.09 Å². The minimum atomic E-state index is -4.65. The lowest BCUT2D eigenvalue weighted by Gasteiger charge is -2.24. The number of hydrogen-bond donors (Lipinski definition) is 1. The Morgan fingerprint density at radius 3 is 2.33 bits per heavy atom. The van der Waals surface area contributed by atoms with Crippen molar-refractivity contribution in [1.82, 2.24) is 5.09 Å². The highest BCUT2D eigenvalue weighted by atomic mass is 32.2. The monoisotopic (exact) mass is 467 g/mol. The van der Waals surface area contributed by atoms with Gasteiger partial charge in [-0.05, 0) is 11.5 Å². The smallest absolute Gasteiger partial charge is 0.338 e. The van der Waals surface area contributed by atoms with Gasteiger partial charge in [-0.2, -0.15) is 8.78 Å². The number of alkyl halides is 2. The molecule has 0 heterocycles. The van der Waals surface area contributed by atoms with Crippen LogP contribution in [-0.2, 0) is 30.0 Å². The van der Waals surface area contributed by atoms with Gasteiger partial charge in [0.25, 0.3) is 0 Å². The van der Waals surface area contributed by atoms with Crippen molar-refractivity contribution in [3.05, 3.63) is 35.9 Å². The van der Waals surface area contributed by atoms with Crippen LogP contribution in [0, 0.1) is 5.92 Å². The fourth-order valence-corrected chi connectivity index (χ4v) is 4.22. The van der Waals surface area contributed by atoms with Crippen molar-refractivity contribution in [3.63, 3.8) is 0 Å². The molecule has 0 aliphatic rings. The van der Waals surface area contributed by atoms with Gasteiger partial charge in [0.1, 0.15) is 13.2 Å². The van der Waals surface area contributed by atoms with Crippen LogP contribution >= 0.6 is 19.3 Å². The Balaban J connectivity index is 0.00000407. The third kappa shape index (κ3) is 11.8. The Bertz CT molecular complexity index is 684. The molecule has 1 rings (SSSR count). The van der Waals surface area contributed by atoms with E-state index in [4.69, 9.17) is 9.26 Å². The summed E-state index contributed by atoms with van der Waals surface area (Å²) in [5.74, 6) is -0.555. The van der Waals surface area contributed by atoms with Gasteiger partial charge < -0.3 is 9.26 Å². The average Bonchev–Trinajstić information content (AvgIpc) is 2.69. The largest absolute Gasteiger partial charge is 0.460 e. The number of nitrogens with one attached hydrogen (secondary N) is 1. The fraction of sp³-hybridized carbons (Fsp3) is 0.600. The van der Waals surface area contributed by atoms with Crippen molar-refractivity contribution < 1.29 is 32.2 Å². The zero-order chi connectivity index (χ0) is 23.2. The maximum atomic E-state index is 13.8. The molecule has 0 spiro atoms. The number of esters is 1. The number of halogens is 2. The Hall–Kier alpha value is -1.28. The molecule has 1 aromatic carbocycles. The highest BCUT2D eigenvalue weighted by molar-refractivity contribution is 8.13. The van der Waals surface area contributed by atoms with E-state index in [-0.39, 0.29) is 30.0 Å². The SMILES string of the molecule is CC.CC(C)CC(=O)SCCOP(=O)(NCC(=O)OCc1ccccc1)C(C)(F)F. The first-order valence-corrected chi connectivity index (χ1v) is 12.4. The predicted octanol–water partition coefficient (Wildman–Crippen LogP) is 5.47. The molecule has 0 aromatic heterocycles. The van der Waals surface area contributed by atoms with Crippen LogP contribution in [0.3, 0.4) is 0 Å². The van der Waals surface area contributed by atoms with E-state index in [1.165, 1.54) is 0 Å². The molecule has 1 aromatic rings. The molecule has 30 heavy (non-hydrogen) atoms. The third-order valence-corrected chi connectivity index (χ3v) is 6.40. The first kappa shape index (κ1) is 28.7. The lowest BCUT2D eigenvalue weighted by molar-refractivity contribution is -0.143. The van der Waals surface area contributed by atoms with Crippen LogP contribution in [0.1, 0.15) is 46.6 Å². The summed E-state index contributed by atoms with van der Waals surface area (Å²) in [6.45, 7) is 7.20. The van der Waals surface area contributed by atoms with E-state index in [2.05, 4.69) is 0 Å². The number of ether oxygens (including phenoxy) is 1. The number of thioether (sulfide) groups is 1. The topological polar surface area (TPSA) is 81.7 Å². The van der Waals surface area contributed by atoms with Crippen molar-refractivity contribution in [2.45, 2.75) is 53.3 Å². The quantitative estimate of drug-likeness (QED) is 0.248. The van der Waals surface area contributed by atoms with Crippen molar-refractivity contribution in [3.8, 4) is 0 Å². The van der Waals surface area contributed by atoms with Crippen LogP contribution in [0.4, 0.5) is 8.78 Å². The van der Waals surface area contributed by atoms with Gasteiger partial charge in [0.2, 0.25) is 0 Å². The van der Waals surface area contributed by atoms with E-state index in [1.54, 1.807) is 30.3 Å². The molecule has 0 radical (unpaired) electrons. The lowest BCUT2D eigenvalue weighted by Crippen LogP contribution is -2.30. The minimum absolute atomic E-state index is 0.0242. The van der Waals surface area contributed by atoms with Crippen LogP contribution < -0.4 is 5.09 Å². The first-order valence-electron chi connectivity index (χ1n) is 9.76. The average molecular weight is 468 g/mol. The summed E-state index contributed by atoms with van der Waals surface area (Å²) >= 11 is 0.937. The van der Waals surface area contributed by atoms with Gasteiger partial charge in [-0.15, -0.1) is 0 Å². The zero-order valence-corrected chi connectivity index (χ0v) is 19.9. The summed E-state index contributed by atoms with van der Waals surface area (Å²) in [5.41, 5.74) is -2.96. The molecule has 6 nitrogen and oxygen atoms in total. The van der Waals surface area contributed by atoms with Crippen molar-refractivity contribution in [2.75, 3.05) is 18.9 Å². The molecule has 0 aliphatic heterocycles. The standard InChI is InChI=1S/C18H26F2NO5PS.C2H6/c1-14(2)11-17(23)28-10-9-26-27(24,18(3,19)20)21-12-16(22)25-13-15-7-5-4-6-8-15;1-2/h4-8,14H,9-13H2,1-3H3,(H,21,24);1-2H3. The second-order valence-electron chi connectivity index (χ2n) is 6.53. The molecule has 172 valence electrons. The van der Waals surface area contributed by atoms with Crippen LogP contribution in [-0.4, -0.2) is 35.7 Å². The number of rotatable bonds is 12. The van der Waals surface area contributed by atoms with Crippen LogP contribution in [0.2, 0.25) is 0 Å². The molecule has 0 bridgehead atoms. The van der Waals surface area contributed by atoms with Gasteiger partial charge >= 0.3 is 19.2 Å². The van der Waals surface area contributed by atoms with E-state index in [1.807, 2.05) is 32.8 Å². The lowest BCUT2D eigenvalue weighted by atomic mass is 10.2. The molecule has 0 saturated heterocycles. The molecule has 1 atom stereocenters. The van der Waals surface area contributed by atoms with Gasteiger partial charge in [0.15, 0.2) is 5.12 Å². The number of carbonyl (C=O) groups excluding carboxylic acids is 2.